The van der Waals surface area contributed by atoms with Crippen molar-refractivity contribution < 1.29 is 18.0 Å². The SMILES string of the molecule is C/C(=N\N(C)C)C(=O)/C=C(\c1cc2ccccc2s1)C(F)(F)F. The van der Waals surface area contributed by atoms with Crippen molar-refractivity contribution in [2.45, 2.75) is 13.1 Å². The predicted octanol–water partition coefficient (Wildman–Crippen LogP) is 4.35. The highest BCUT2D eigenvalue weighted by Crippen LogP contribution is 2.39. The first-order valence-corrected chi connectivity index (χ1v) is 7.55. The second-order valence-corrected chi connectivity index (χ2v) is 6.18. The van der Waals surface area contributed by atoms with Gasteiger partial charge in [0.05, 0.1) is 5.57 Å². The molecular weight excluding hydrogens is 325 g/mol. The molecule has 122 valence electrons. The van der Waals surface area contributed by atoms with Crippen molar-refractivity contribution >= 4 is 38.5 Å². The van der Waals surface area contributed by atoms with Crippen molar-refractivity contribution in [1.29, 1.82) is 0 Å². The van der Waals surface area contributed by atoms with Gasteiger partial charge in [0.25, 0.3) is 0 Å². The van der Waals surface area contributed by atoms with E-state index in [1.807, 2.05) is 0 Å². The number of rotatable bonds is 4. The van der Waals surface area contributed by atoms with E-state index in [4.69, 9.17) is 0 Å². The van der Waals surface area contributed by atoms with Crippen molar-refractivity contribution in [3.05, 3.63) is 41.3 Å². The largest absolute Gasteiger partial charge is 0.417 e. The summed E-state index contributed by atoms with van der Waals surface area (Å²) in [6, 6.07) is 8.46. The van der Waals surface area contributed by atoms with Crippen LogP contribution < -0.4 is 0 Å². The Morgan fingerprint density at radius 3 is 2.48 bits per heavy atom. The molecule has 1 aromatic heterocycles. The third-order valence-corrected chi connectivity index (χ3v) is 4.13. The lowest BCUT2D eigenvalue weighted by Crippen LogP contribution is -2.17. The van der Waals surface area contributed by atoms with E-state index in [1.165, 1.54) is 18.0 Å². The van der Waals surface area contributed by atoms with Gasteiger partial charge in [0.15, 0.2) is 0 Å². The Morgan fingerprint density at radius 2 is 1.91 bits per heavy atom. The monoisotopic (exact) mass is 340 g/mol. The van der Waals surface area contributed by atoms with E-state index >= 15 is 0 Å². The van der Waals surface area contributed by atoms with Crippen LogP contribution in [0, 0.1) is 0 Å². The van der Waals surface area contributed by atoms with Crippen LogP contribution in [0.15, 0.2) is 41.5 Å². The number of carbonyl (C=O) groups excluding carboxylic acids is 1. The van der Waals surface area contributed by atoms with E-state index in [-0.39, 0.29) is 10.6 Å². The van der Waals surface area contributed by atoms with E-state index in [2.05, 4.69) is 5.10 Å². The minimum absolute atomic E-state index is 0.00198. The molecule has 0 atom stereocenters. The standard InChI is InChI=1S/C16H15F3N2OS/c1-10(20-21(2)3)13(22)9-12(16(17,18)19)15-8-11-6-4-5-7-14(11)23-15/h4-9H,1-3H3/b12-9+,20-10+. The molecule has 0 aliphatic carbocycles. The molecule has 0 spiro atoms. The van der Waals surface area contributed by atoms with Crippen molar-refractivity contribution in [3.63, 3.8) is 0 Å². The summed E-state index contributed by atoms with van der Waals surface area (Å²) >= 11 is 1.01. The number of ketones is 1. The lowest BCUT2D eigenvalue weighted by atomic mass is 10.1. The second-order valence-electron chi connectivity index (χ2n) is 5.10. The van der Waals surface area contributed by atoms with Crippen molar-refractivity contribution in [2.24, 2.45) is 5.10 Å². The van der Waals surface area contributed by atoms with Crippen molar-refractivity contribution in [1.82, 2.24) is 5.01 Å². The number of hydrogen-bond acceptors (Lipinski definition) is 4. The quantitative estimate of drug-likeness (QED) is 0.471. The number of nitrogens with zero attached hydrogens (tertiary/aromatic N) is 2. The van der Waals surface area contributed by atoms with E-state index < -0.39 is 17.5 Å². The molecule has 1 aromatic carbocycles. The molecule has 0 aliphatic rings. The van der Waals surface area contributed by atoms with E-state index in [0.29, 0.717) is 11.5 Å². The Hall–Kier alpha value is -2.15. The molecule has 0 saturated carbocycles. The van der Waals surface area contributed by atoms with E-state index in [0.717, 1.165) is 16.0 Å². The number of thiophene rings is 1. The van der Waals surface area contributed by atoms with Crippen LogP contribution in [0.2, 0.25) is 0 Å². The first-order valence-electron chi connectivity index (χ1n) is 6.73. The Bertz CT molecular complexity index is 755. The molecule has 7 heteroatoms. The molecule has 0 saturated heterocycles. The summed E-state index contributed by atoms with van der Waals surface area (Å²) in [5.41, 5.74) is -0.949. The summed E-state index contributed by atoms with van der Waals surface area (Å²) < 4.78 is 40.8. The average molecular weight is 340 g/mol. The summed E-state index contributed by atoms with van der Waals surface area (Å²) in [6.07, 6.45) is -4.00. The minimum atomic E-state index is -4.62. The number of hydrogen-bond donors (Lipinski definition) is 0. The minimum Gasteiger partial charge on any atom is -0.303 e. The molecule has 3 nitrogen and oxygen atoms in total. The molecule has 2 rings (SSSR count). The zero-order valence-electron chi connectivity index (χ0n) is 12.8. The number of carbonyl (C=O) groups is 1. The number of alkyl halides is 3. The van der Waals surface area contributed by atoms with Crippen LogP contribution >= 0.6 is 11.3 Å². The highest BCUT2D eigenvalue weighted by molar-refractivity contribution is 7.20. The molecule has 0 aliphatic heterocycles. The van der Waals surface area contributed by atoms with Gasteiger partial charge < -0.3 is 5.01 Å². The van der Waals surface area contributed by atoms with Crippen LogP contribution in [0.4, 0.5) is 13.2 Å². The maximum Gasteiger partial charge on any atom is 0.417 e. The number of hydrazone groups is 1. The Kier molecular flexibility index (Phi) is 4.89. The first kappa shape index (κ1) is 17.2. The van der Waals surface area contributed by atoms with Crippen molar-refractivity contribution in [3.8, 4) is 0 Å². The summed E-state index contributed by atoms with van der Waals surface area (Å²) in [7, 11) is 3.19. The molecule has 2 aromatic rings. The Balaban J connectivity index is 2.49. The highest BCUT2D eigenvalue weighted by Gasteiger charge is 2.36. The fraction of sp³-hybridized carbons (Fsp3) is 0.250. The number of benzene rings is 1. The van der Waals surface area contributed by atoms with Crippen LogP contribution in [0.3, 0.4) is 0 Å². The molecule has 0 amide bonds. The van der Waals surface area contributed by atoms with Crippen LogP contribution in [0.1, 0.15) is 11.8 Å². The molecule has 0 unspecified atom stereocenters. The zero-order valence-corrected chi connectivity index (χ0v) is 13.6. The van der Waals surface area contributed by atoms with Gasteiger partial charge in [-0.25, -0.2) is 0 Å². The lowest BCUT2D eigenvalue weighted by molar-refractivity contribution is -0.109. The zero-order chi connectivity index (χ0) is 17.2. The molecule has 0 fully saturated rings. The van der Waals surface area contributed by atoms with Gasteiger partial charge in [0, 0.05) is 29.7 Å². The average Bonchev–Trinajstić information content (AvgIpc) is 2.85. The summed E-state index contributed by atoms with van der Waals surface area (Å²) in [6.45, 7) is 1.39. The van der Waals surface area contributed by atoms with E-state index in [1.54, 1.807) is 38.4 Å². The highest BCUT2D eigenvalue weighted by atomic mass is 32.1. The maximum atomic E-state index is 13.4. The summed E-state index contributed by atoms with van der Waals surface area (Å²) in [5.74, 6) is -0.761. The van der Waals surface area contributed by atoms with Gasteiger partial charge in [0.1, 0.15) is 5.71 Å². The predicted molar refractivity (Wildman–Crippen MR) is 87.7 cm³/mol. The van der Waals surface area contributed by atoms with Gasteiger partial charge in [-0.3, -0.25) is 4.79 Å². The normalized spacial score (nSPS) is 13.5. The number of halogens is 3. The van der Waals surface area contributed by atoms with Crippen LogP contribution in [-0.2, 0) is 4.79 Å². The fourth-order valence-electron chi connectivity index (χ4n) is 1.99. The third-order valence-electron chi connectivity index (χ3n) is 2.98. The summed E-state index contributed by atoms with van der Waals surface area (Å²) in [5, 5.41) is 5.93. The fourth-order valence-corrected chi connectivity index (χ4v) is 3.09. The molecule has 1 heterocycles. The molecule has 0 bridgehead atoms. The summed E-state index contributed by atoms with van der Waals surface area (Å²) in [4.78, 5) is 12.0. The second kappa shape index (κ2) is 6.54. The molecule has 0 radical (unpaired) electrons. The van der Waals surface area contributed by atoms with Gasteiger partial charge in [-0.15, -0.1) is 11.3 Å². The van der Waals surface area contributed by atoms with Gasteiger partial charge >= 0.3 is 6.18 Å². The van der Waals surface area contributed by atoms with Gasteiger partial charge in [-0.1, -0.05) is 18.2 Å². The van der Waals surface area contributed by atoms with Gasteiger partial charge in [0.2, 0.25) is 5.78 Å². The smallest absolute Gasteiger partial charge is 0.303 e. The van der Waals surface area contributed by atoms with Gasteiger partial charge in [-0.2, -0.15) is 18.3 Å². The van der Waals surface area contributed by atoms with Crippen LogP contribution in [0.5, 0.6) is 0 Å². The molecule has 0 N–H and O–H groups in total. The topological polar surface area (TPSA) is 32.7 Å². The maximum absolute atomic E-state index is 13.4. The third kappa shape index (κ3) is 4.19. The van der Waals surface area contributed by atoms with E-state index in [9.17, 15) is 18.0 Å². The lowest BCUT2D eigenvalue weighted by Gasteiger charge is -2.10. The van der Waals surface area contributed by atoms with Gasteiger partial charge in [-0.05, 0) is 24.4 Å². The molecular formula is C16H15F3N2OS. The Morgan fingerprint density at radius 1 is 1.26 bits per heavy atom. The first-order chi connectivity index (χ1) is 10.7. The number of allylic oxidation sites excluding steroid dienone is 2. The Labute approximate surface area is 135 Å². The van der Waals surface area contributed by atoms with Crippen LogP contribution in [-0.4, -0.2) is 36.8 Å². The van der Waals surface area contributed by atoms with Crippen LogP contribution in [0.25, 0.3) is 15.7 Å². The molecule has 23 heavy (non-hydrogen) atoms. The number of fused-ring (bicyclic) bond motifs is 1. The van der Waals surface area contributed by atoms with Crippen molar-refractivity contribution in [2.75, 3.05) is 14.1 Å².